The molecule has 150 valence electrons. The average Bonchev–Trinajstić information content (AvgIpc) is 2.62. The number of aromatic nitrogens is 2. The van der Waals surface area contributed by atoms with Gasteiger partial charge in [0.15, 0.2) is 5.96 Å². The number of aliphatic imine (C=N–C) groups is 1. The number of nitrogens with one attached hydrogen (secondary N) is 2. The second-order valence-corrected chi connectivity index (χ2v) is 7.70. The van der Waals surface area contributed by atoms with E-state index in [0.717, 1.165) is 42.1 Å². The highest BCUT2D eigenvalue weighted by molar-refractivity contribution is 5.96. The number of anilines is 1. The fourth-order valence-electron chi connectivity index (χ4n) is 3.58. The molecule has 3 rings (SSSR count). The van der Waals surface area contributed by atoms with Gasteiger partial charge in [-0.15, -0.1) is 0 Å². The van der Waals surface area contributed by atoms with E-state index in [1.54, 1.807) is 0 Å². The summed E-state index contributed by atoms with van der Waals surface area (Å²) in [5.74, 6) is 0.607. The molecule has 2 atom stereocenters. The Morgan fingerprint density at radius 2 is 1.96 bits per heavy atom. The van der Waals surface area contributed by atoms with E-state index in [1.807, 2.05) is 39.0 Å². The number of nitrogens with two attached hydrogens (primary N) is 2. The van der Waals surface area contributed by atoms with Crippen LogP contribution in [0.4, 0.5) is 5.82 Å². The van der Waals surface area contributed by atoms with Crippen LogP contribution in [0.5, 0.6) is 0 Å². The maximum Gasteiger partial charge on any atom is 0.289 e. The van der Waals surface area contributed by atoms with E-state index in [2.05, 4.69) is 25.6 Å². The zero-order valence-electron chi connectivity index (χ0n) is 16.7. The summed E-state index contributed by atoms with van der Waals surface area (Å²) in [6.07, 6.45) is 4.03. The van der Waals surface area contributed by atoms with Gasteiger partial charge in [0.1, 0.15) is 5.82 Å². The molecule has 1 aliphatic rings. The number of hydrogen-bond donors (Lipinski definition) is 4. The summed E-state index contributed by atoms with van der Waals surface area (Å²) >= 11 is 0. The van der Waals surface area contributed by atoms with Gasteiger partial charge in [0.05, 0.1) is 17.6 Å². The Bertz CT molecular complexity index is 889. The zero-order chi connectivity index (χ0) is 20.3. The number of carbonyl (C=O) groups is 1. The SMILES string of the molecule is Cc1ccc2nc(C(=O)NC(C)C)nc(N[C@H]3CCCC[C@H]3N=C(N)N)c2c1. The predicted molar refractivity (Wildman–Crippen MR) is 112 cm³/mol. The van der Waals surface area contributed by atoms with E-state index in [9.17, 15) is 4.79 Å². The van der Waals surface area contributed by atoms with E-state index in [-0.39, 0.29) is 35.8 Å². The van der Waals surface area contributed by atoms with Gasteiger partial charge >= 0.3 is 0 Å². The van der Waals surface area contributed by atoms with Gasteiger partial charge in [0, 0.05) is 11.4 Å². The number of guanidine groups is 1. The number of fused-ring (bicyclic) bond motifs is 1. The van der Waals surface area contributed by atoms with Crippen LogP contribution < -0.4 is 22.1 Å². The molecular weight excluding hydrogens is 354 g/mol. The first-order valence-electron chi connectivity index (χ1n) is 9.78. The van der Waals surface area contributed by atoms with Crippen molar-refractivity contribution in [2.24, 2.45) is 16.5 Å². The molecular formula is C20H29N7O. The Hall–Kier alpha value is -2.90. The zero-order valence-corrected chi connectivity index (χ0v) is 16.7. The normalized spacial score (nSPS) is 19.4. The summed E-state index contributed by atoms with van der Waals surface area (Å²) in [5.41, 5.74) is 13.1. The monoisotopic (exact) mass is 383 g/mol. The molecule has 1 aromatic carbocycles. The van der Waals surface area contributed by atoms with Crippen LogP contribution in [-0.4, -0.2) is 40.0 Å². The van der Waals surface area contributed by atoms with Crippen molar-refractivity contribution >= 4 is 28.6 Å². The van der Waals surface area contributed by atoms with Gasteiger partial charge in [-0.3, -0.25) is 4.79 Å². The molecule has 1 heterocycles. The third-order valence-electron chi connectivity index (χ3n) is 4.84. The van der Waals surface area contributed by atoms with Crippen molar-refractivity contribution in [2.45, 2.75) is 64.6 Å². The second kappa shape index (κ2) is 8.41. The van der Waals surface area contributed by atoms with Gasteiger partial charge in [-0.2, -0.15) is 0 Å². The maximum atomic E-state index is 12.5. The number of rotatable bonds is 5. The summed E-state index contributed by atoms with van der Waals surface area (Å²) in [6, 6.07) is 5.97. The maximum absolute atomic E-state index is 12.5. The summed E-state index contributed by atoms with van der Waals surface area (Å²) in [6.45, 7) is 5.83. The third kappa shape index (κ3) is 4.68. The van der Waals surface area contributed by atoms with Gasteiger partial charge in [-0.25, -0.2) is 15.0 Å². The summed E-state index contributed by atoms with van der Waals surface area (Å²) < 4.78 is 0. The van der Waals surface area contributed by atoms with E-state index < -0.39 is 0 Å². The lowest BCUT2D eigenvalue weighted by molar-refractivity contribution is 0.0933. The highest BCUT2D eigenvalue weighted by Gasteiger charge is 2.26. The fourth-order valence-corrected chi connectivity index (χ4v) is 3.58. The van der Waals surface area contributed by atoms with Gasteiger partial charge in [0.2, 0.25) is 5.82 Å². The number of carbonyl (C=O) groups excluding carboxylic acids is 1. The molecule has 0 spiro atoms. The van der Waals surface area contributed by atoms with Crippen molar-refractivity contribution < 1.29 is 4.79 Å². The Morgan fingerprint density at radius 1 is 1.21 bits per heavy atom. The molecule has 8 heteroatoms. The Morgan fingerprint density at radius 3 is 2.68 bits per heavy atom. The number of aryl methyl sites for hydroxylation is 1. The van der Waals surface area contributed by atoms with Crippen LogP contribution in [0, 0.1) is 6.92 Å². The predicted octanol–water partition coefficient (Wildman–Crippen LogP) is 2.07. The third-order valence-corrected chi connectivity index (χ3v) is 4.84. The van der Waals surface area contributed by atoms with Crippen LogP contribution in [0.15, 0.2) is 23.2 Å². The first-order chi connectivity index (χ1) is 13.3. The lowest BCUT2D eigenvalue weighted by atomic mass is 9.90. The average molecular weight is 384 g/mol. The number of hydrogen-bond acceptors (Lipinski definition) is 5. The van der Waals surface area contributed by atoms with Crippen molar-refractivity contribution in [3.8, 4) is 0 Å². The molecule has 8 nitrogen and oxygen atoms in total. The van der Waals surface area contributed by atoms with Crippen molar-refractivity contribution in [1.82, 2.24) is 15.3 Å². The molecule has 2 aromatic rings. The van der Waals surface area contributed by atoms with Gasteiger partial charge in [0.25, 0.3) is 5.91 Å². The van der Waals surface area contributed by atoms with Crippen LogP contribution in [0.1, 0.15) is 55.7 Å². The van der Waals surface area contributed by atoms with Crippen LogP contribution in [-0.2, 0) is 0 Å². The lowest BCUT2D eigenvalue weighted by Gasteiger charge is -2.30. The van der Waals surface area contributed by atoms with E-state index in [0.29, 0.717) is 5.82 Å². The molecule has 0 saturated heterocycles. The molecule has 1 aromatic heterocycles. The van der Waals surface area contributed by atoms with Crippen molar-refractivity contribution in [1.29, 1.82) is 0 Å². The molecule has 0 radical (unpaired) electrons. The van der Waals surface area contributed by atoms with E-state index in [1.165, 1.54) is 0 Å². The molecule has 1 saturated carbocycles. The minimum Gasteiger partial charge on any atom is -0.370 e. The molecule has 6 N–H and O–H groups in total. The largest absolute Gasteiger partial charge is 0.370 e. The quantitative estimate of drug-likeness (QED) is 0.462. The molecule has 0 bridgehead atoms. The molecule has 1 amide bonds. The van der Waals surface area contributed by atoms with Crippen molar-refractivity contribution in [3.63, 3.8) is 0 Å². The smallest absolute Gasteiger partial charge is 0.289 e. The van der Waals surface area contributed by atoms with Crippen molar-refractivity contribution in [2.75, 3.05) is 5.32 Å². The van der Waals surface area contributed by atoms with Crippen LogP contribution >= 0.6 is 0 Å². The molecule has 0 unspecified atom stereocenters. The highest BCUT2D eigenvalue weighted by Crippen LogP contribution is 2.28. The Kier molecular flexibility index (Phi) is 5.96. The summed E-state index contributed by atoms with van der Waals surface area (Å²) in [5, 5.41) is 7.24. The van der Waals surface area contributed by atoms with Gasteiger partial charge in [-0.05, 0) is 45.7 Å². The van der Waals surface area contributed by atoms with Crippen LogP contribution in [0.2, 0.25) is 0 Å². The van der Waals surface area contributed by atoms with Crippen LogP contribution in [0.25, 0.3) is 10.9 Å². The minimum atomic E-state index is -0.287. The Balaban J connectivity index is 2.00. The summed E-state index contributed by atoms with van der Waals surface area (Å²) in [7, 11) is 0. The van der Waals surface area contributed by atoms with Gasteiger partial charge < -0.3 is 22.1 Å². The highest BCUT2D eigenvalue weighted by atomic mass is 16.2. The first-order valence-corrected chi connectivity index (χ1v) is 9.78. The van der Waals surface area contributed by atoms with Crippen LogP contribution in [0.3, 0.4) is 0 Å². The van der Waals surface area contributed by atoms with Gasteiger partial charge in [-0.1, -0.05) is 24.5 Å². The fraction of sp³-hybridized carbons (Fsp3) is 0.500. The van der Waals surface area contributed by atoms with E-state index >= 15 is 0 Å². The number of benzene rings is 1. The first kappa shape index (κ1) is 19.9. The number of amides is 1. The molecule has 28 heavy (non-hydrogen) atoms. The summed E-state index contributed by atoms with van der Waals surface area (Å²) in [4.78, 5) is 25.9. The Labute approximate surface area is 165 Å². The second-order valence-electron chi connectivity index (χ2n) is 7.70. The standard InChI is InChI=1S/C20H29N7O/c1-11(2)23-19(28)18-24-14-9-8-12(3)10-13(14)17(27-18)25-15-6-4-5-7-16(15)26-20(21)22/h8-11,15-16H,4-7H2,1-3H3,(H,23,28)(H4,21,22,26)(H,24,25,27)/t15-,16+/m0/s1. The molecule has 1 aliphatic carbocycles. The van der Waals surface area contributed by atoms with E-state index in [4.69, 9.17) is 11.5 Å². The molecule has 0 aliphatic heterocycles. The lowest BCUT2D eigenvalue weighted by Crippen LogP contribution is -2.39. The van der Waals surface area contributed by atoms with Crippen molar-refractivity contribution in [3.05, 3.63) is 29.6 Å². The molecule has 1 fully saturated rings. The number of nitrogens with zero attached hydrogens (tertiary/aromatic N) is 3. The topological polar surface area (TPSA) is 131 Å². The minimum absolute atomic E-state index is 0.00538.